The highest BCUT2D eigenvalue weighted by Crippen LogP contribution is 2.54. The Morgan fingerprint density at radius 3 is 2.59 bits per heavy atom. The molecule has 8 nitrogen and oxygen atoms in total. The summed E-state index contributed by atoms with van der Waals surface area (Å²) in [7, 11) is 0. The van der Waals surface area contributed by atoms with Gasteiger partial charge in [0.2, 0.25) is 10.9 Å². The van der Waals surface area contributed by atoms with Crippen LogP contribution in [0.4, 0.5) is 10.8 Å². The van der Waals surface area contributed by atoms with Crippen molar-refractivity contribution < 1.29 is 14.0 Å². The van der Waals surface area contributed by atoms with Crippen molar-refractivity contribution in [3.05, 3.63) is 109 Å². The van der Waals surface area contributed by atoms with E-state index in [0.717, 1.165) is 16.9 Å². The number of fused-ring (bicyclic) bond motifs is 5. The Hall–Kier alpha value is -3.70. The summed E-state index contributed by atoms with van der Waals surface area (Å²) < 4.78 is 6.65. The Morgan fingerprint density at radius 1 is 0.976 bits per heavy atom. The first kappa shape index (κ1) is 26.2. The molecule has 0 bridgehead atoms. The first-order valence-corrected chi connectivity index (χ1v) is 15.1. The number of para-hydroxylation sites is 1. The molecule has 2 aliphatic heterocycles. The number of thioether (sulfide) groups is 1. The minimum Gasteiger partial charge on any atom is -0.450 e. The predicted molar refractivity (Wildman–Crippen MR) is 160 cm³/mol. The zero-order chi connectivity index (χ0) is 28.5. The molecule has 3 aromatic carbocycles. The van der Waals surface area contributed by atoms with E-state index in [1.165, 1.54) is 22.7 Å². The molecule has 2 amide bonds. The lowest BCUT2D eigenvalue weighted by Crippen LogP contribution is -2.53. The maximum Gasteiger partial charge on any atom is 0.297 e. The number of hydrogen-bond acceptors (Lipinski definition) is 8. The summed E-state index contributed by atoms with van der Waals surface area (Å²) >= 11 is 14.9. The second-order valence-electron chi connectivity index (χ2n) is 9.46. The van der Waals surface area contributed by atoms with Crippen LogP contribution >= 0.6 is 46.3 Å². The van der Waals surface area contributed by atoms with Crippen molar-refractivity contribution >= 4 is 79.9 Å². The van der Waals surface area contributed by atoms with Gasteiger partial charge >= 0.3 is 0 Å². The SMILES string of the molecule is CCN1C(=O)C2(c3ccccc31)c1c(oc3ccc(Cl)cc3c1=O)C(=O)N2c1nnc(SCc2cccc(Cl)c2)s1. The number of anilines is 2. The fourth-order valence-corrected chi connectivity index (χ4v) is 7.79. The first-order chi connectivity index (χ1) is 19.8. The summed E-state index contributed by atoms with van der Waals surface area (Å²) in [6.45, 7) is 2.17. The van der Waals surface area contributed by atoms with Gasteiger partial charge in [-0.3, -0.25) is 19.3 Å². The smallest absolute Gasteiger partial charge is 0.297 e. The molecule has 0 saturated heterocycles. The molecular weight excluding hydrogens is 603 g/mol. The number of carbonyl (C=O) groups is 2. The van der Waals surface area contributed by atoms with Crippen molar-refractivity contribution in [1.82, 2.24) is 10.2 Å². The largest absolute Gasteiger partial charge is 0.450 e. The number of likely N-dealkylation sites (N-methyl/N-ethyl adjacent to an activating group) is 1. The number of carbonyl (C=O) groups excluding carboxylic acids is 2. The van der Waals surface area contributed by atoms with E-state index in [1.807, 2.05) is 31.2 Å². The van der Waals surface area contributed by atoms with Crippen LogP contribution in [0.5, 0.6) is 0 Å². The van der Waals surface area contributed by atoms with E-state index in [2.05, 4.69) is 10.2 Å². The molecule has 1 spiro atoms. The van der Waals surface area contributed by atoms with E-state index in [-0.39, 0.29) is 27.4 Å². The van der Waals surface area contributed by atoms with Gasteiger partial charge in [-0.1, -0.05) is 76.6 Å². The van der Waals surface area contributed by atoms with Crippen LogP contribution in [0.25, 0.3) is 11.0 Å². The van der Waals surface area contributed by atoms with E-state index in [9.17, 15) is 14.4 Å². The molecule has 0 saturated carbocycles. The molecule has 1 unspecified atom stereocenters. The van der Waals surface area contributed by atoms with Gasteiger partial charge in [0.1, 0.15) is 5.58 Å². The van der Waals surface area contributed by atoms with Crippen LogP contribution in [0.2, 0.25) is 10.0 Å². The average molecular weight is 622 g/mol. The van der Waals surface area contributed by atoms with E-state index in [0.29, 0.717) is 37.9 Å². The van der Waals surface area contributed by atoms with Gasteiger partial charge in [0.05, 0.1) is 16.6 Å². The molecule has 5 aromatic rings. The van der Waals surface area contributed by atoms with Crippen molar-refractivity contribution in [2.24, 2.45) is 0 Å². The summed E-state index contributed by atoms with van der Waals surface area (Å²) in [6, 6.07) is 19.3. The number of halogens is 2. The van der Waals surface area contributed by atoms with Crippen LogP contribution in [0.15, 0.2) is 80.3 Å². The fraction of sp³-hybridized carbons (Fsp3) is 0.138. The van der Waals surface area contributed by atoms with Gasteiger partial charge in [-0.2, -0.15) is 0 Å². The second kappa shape index (κ2) is 9.70. The Balaban J connectivity index is 1.43. The molecule has 204 valence electrons. The molecule has 0 fully saturated rings. The summed E-state index contributed by atoms with van der Waals surface area (Å²) in [5, 5.41) is 9.98. The van der Waals surface area contributed by atoms with Gasteiger partial charge in [0.15, 0.2) is 15.3 Å². The molecule has 4 heterocycles. The zero-order valence-corrected chi connectivity index (χ0v) is 24.4. The highest BCUT2D eigenvalue weighted by Gasteiger charge is 2.66. The molecule has 0 radical (unpaired) electrons. The summed E-state index contributed by atoms with van der Waals surface area (Å²) in [5.74, 6) is -0.705. The van der Waals surface area contributed by atoms with Crippen LogP contribution in [0.3, 0.4) is 0 Å². The Bertz CT molecular complexity index is 1980. The minimum atomic E-state index is -1.81. The Labute approximate surface area is 251 Å². The maximum atomic E-state index is 14.5. The normalized spacial score (nSPS) is 17.6. The third-order valence-corrected chi connectivity index (χ3v) is 9.82. The van der Waals surface area contributed by atoms with E-state index < -0.39 is 22.8 Å². The number of hydrogen-bond donors (Lipinski definition) is 0. The molecule has 2 aliphatic rings. The highest BCUT2D eigenvalue weighted by molar-refractivity contribution is 8.00. The second-order valence-corrected chi connectivity index (χ2v) is 12.5. The van der Waals surface area contributed by atoms with Crippen LogP contribution < -0.4 is 15.2 Å². The standard InChI is InChI=1S/C29H18Cl2N4O4S2/c1-2-34-20-9-4-3-8-19(20)29(26(34)38)22-23(36)18-13-17(31)10-11-21(18)39-24(22)25(37)35(29)27-32-33-28(41-27)40-14-15-6-5-7-16(30)12-15/h3-13H,2,14H2,1H3. The van der Waals surface area contributed by atoms with Crippen molar-refractivity contribution in [2.75, 3.05) is 16.3 Å². The van der Waals surface area contributed by atoms with Gasteiger partial charge in [0, 0.05) is 27.9 Å². The quantitative estimate of drug-likeness (QED) is 0.163. The molecule has 1 atom stereocenters. The van der Waals surface area contributed by atoms with Crippen molar-refractivity contribution in [3.8, 4) is 0 Å². The zero-order valence-electron chi connectivity index (χ0n) is 21.3. The monoisotopic (exact) mass is 620 g/mol. The van der Waals surface area contributed by atoms with Crippen LogP contribution in [-0.4, -0.2) is 28.6 Å². The Morgan fingerprint density at radius 2 is 1.78 bits per heavy atom. The maximum absolute atomic E-state index is 14.5. The van der Waals surface area contributed by atoms with Gasteiger partial charge in [-0.15, -0.1) is 10.2 Å². The number of benzene rings is 3. The van der Waals surface area contributed by atoms with Gasteiger partial charge in [0.25, 0.3) is 11.8 Å². The third kappa shape index (κ3) is 3.78. The molecule has 12 heteroatoms. The minimum absolute atomic E-state index is 0.0472. The Kier molecular flexibility index (Phi) is 6.20. The van der Waals surface area contributed by atoms with E-state index in [4.69, 9.17) is 27.6 Å². The average Bonchev–Trinajstić information content (AvgIpc) is 3.60. The van der Waals surface area contributed by atoms with E-state index >= 15 is 0 Å². The molecule has 0 N–H and O–H groups in total. The molecule has 7 rings (SSSR count). The van der Waals surface area contributed by atoms with Crippen molar-refractivity contribution in [1.29, 1.82) is 0 Å². The molecule has 2 aromatic heterocycles. The number of nitrogens with zero attached hydrogens (tertiary/aromatic N) is 4. The molecular formula is C29H18Cl2N4O4S2. The number of rotatable bonds is 5. The number of amides is 2. The van der Waals surface area contributed by atoms with Crippen LogP contribution in [0, 0.1) is 0 Å². The van der Waals surface area contributed by atoms with E-state index in [1.54, 1.807) is 41.3 Å². The lowest BCUT2D eigenvalue weighted by atomic mass is 9.84. The van der Waals surface area contributed by atoms with Crippen LogP contribution in [-0.2, 0) is 16.1 Å². The van der Waals surface area contributed by atoms with Crippen LogP contribution in [0.1, 0.15) is 34.2 Å². The highest BCUT2D eigenvalue weighted by atomic mass is 35.5. The summed E-state index contributed by atoms with van der Waals surface area (Å²) in [6.07, 6.45) is 0. The predicted octanol–water partition coefficient (Wildman–Crippen LogP) is 6.51. The molecule has 0 aliphatic carbocycles. The van der Waals surface area contributed by atoms with Gasteiger partial charge < -0.3 is 9.32 Å². The van der Waals surface area contributed by atoms with Crippen molar-refractivity contribution in [2.45, 2.75) is 22.6 Å². The van der Waals surface area contributed by atoms with Gasteiger partial charge in [-0.25, -0.2) is 0 Å². The van der Waals surface area contributed by atoms with Crippen molar-refractivity contribution in [3.63, 3.8) is 0 Å². The topological polar surface area (TPSA) is 96.6 Å². The first-order valence-electron chi connectivity index (χ1n) is 12.6. The lowest BCUT2D eigenvalue weighted by Gasteiger charge is -2.31. The van der Waals surface area contributed by atoms with Gasteiger partial charge in [-0.05, 0) is 48.9 Å². The summed E-state index contributed by atoms with van der Waals surface area (Å²) in [4.78, 5) is 45.7. The lowest BCUT2D eigenvalue weighted by molar-refractivity contribution is -0.121. The number of aromatic nitrogens is 2. The third-order valence-electron chi connectivity index (χ3n) is 7.24. The fourth-order valence-electron chi connectivity index (χ4n) is 5.57. The molecule has 41 heavy (non-hydrogen) atoms. The summed E-state index contributed by atoms with van der Waals surface area (Å²) in [5.41, 5.74) is -0.0597.